The minimum absolute atomic E-state index is 0.113. The van der Waals surface area contributed by atoms with E-state index in [-0.39, 0.29) is 6.03 Å². The van der Waals surface area contributed by atoms with E-state index in [1.54, 1.807) is 16.9 Å². The maximum absolute atomic E-state index is 12.5. The standard InChI is InChI=1S/C19H19N5O/c25-19(23-11-8-15-5-1-2-6-16(15)13-23)21-18-9-12-24(22-18)14-17-7-3-4-10-20-17/h1-7,9-10,12H,8,11,13-14H2,(H,21,22,25). The number of carbonyl (C=O) groups excluding carboxylic acids is 1. The maximum Gasteiger partial charge on any atom is 0.323 e. The van der Waals surface area contributed by atoms with Gasteiger partial charge in [0.25, 0.3) is 0 Å². The minimum atomic E-state index is -0.113. The molecule has 6 heteroatoms. The average Bonchev–Trinajstić information content (AvgIpc) is 3.09. The highest BCUT2D eigenvalue weighted by Crippen LogP contribution is 2.19. The number of benzene rings is 1. The summed E-state index contributed by atoms with van der Waals surface area (Å²) in [5.74, 6) is 0.555. The molecule has 126 valence electrons. The van der Waals surface area contributed by atoms with Crippen LogP contribution in [-0.4, -0.2) is 32.2 Å². The Balaban J connectivity index is 1.39. The predicted octanol–water partition coefficient (Wildman–Crippen LogP) is 2.92. The molecule has 2 aromatic heterocycles. The van der Waals surface area contributed by atoms with E-state index in [9.17, 15) is 4.79 Å². The fourth-order valence-corrected chi connectivity index (χ4v) is 3.03. The molecule has 2 amide bonds. The number of nitrogens with zero attached hydrogens (tertiary/aromatic N) is 4. The lowest BCUT2D eigenvalue weighted by molar-refractivity contribution is 0.206. The predicted molar refractivity (Wildman–Crippen MR) is 95.1 cm³/mol. The number of amides is 2. The lowest BCUT2D eigenvalue weighted by Gasteiger charge is -2.28. The molecule has 0 saturated heterocycles. The molecule has 3 aromatic rings. The molecule has 0 unspecified atom stereocenters. The van der Waals surface area contributed by atoms with Crippen LogP contribution in [0.3, 0.4) is 0 Å². The zero-order chi connectivity index (χ0) is 17.1. The molecule has 1 N–H and O–H groups in total. The van der Waals surface area contributed by atoms with Gasteiger partial charge in [-0.3, -0.25) is 15.0 Å². The van der Waals surface area contributed by atoms with Crippen molar-refractivity contribution in [2.45, 2.75) is 19.5 Å². The van der Waals surface area contributed by atoms with Gasteiger partial charge in [-0.2, -0.15) is 5.10 Å². The summed E-state index contributed by atoms with van der Waals surface area (Å²) in [6.45, 7) is 1.93. The van der Waals surface area contributed by atoms with Gasteiger partial charge >= 0.3 is 6.03 Å². The molecule has 25 heavy (non-hydrogen) atoms. The van der Waals surface area contributed by atoms with E-state index in [1.165, 1.54) is 11.1 Å². The second kappa shape index (κ2) is 6.76. The molecule has 0 aliphatic carbocycles. The first-order valence-electron chi connectivity index (χ1n) is 8.34. The highest BCUT2D eigenvalue weighted by molar-refractivity contribution is 5.88. The number of hydrogen-bond donors (Lipinski definition) is 1. The topological polar surface area (TPSA) is 63.1 Å². The molecule has 0 radical (unpaired) electrons. The number of rotatable bonds is 3. The van der Waals surface area contributed by atoms with Crippen molar-refractivity contribution in [3.05, 3.63) is 77.7 Å². The van der Waals surface area contributed by atoms with E-state index in [0.29, 0.717) is 18.9 Å². The molecule has 1 aliphatic heterocycles. The van der Waals surface area contributed by atoms with Crippen LogP contribution < -0.4 is 5.32 Å². The first-order chi connectivity index (χ1) is 12.3. The lowest BCUT2D eigenvalue weighted by Crippen LogP contribution is -2.38. The summed E-state index contributed by atoms with van der Waals surface area (Å²) in [6.07, 6.45) is 4.49. The molecular formula is C19H19N5O. The van der Waals surface area contributed by atoms with E-state index < -0.39 is 0 Å². The minimum Gasteiger partial charge on any atom is -0.320 e. The van der Waals surface area contributed by atoms with Gasteiger partial charge in [0.1, 0.15) is 0 Å². The molecular weight excluding hydrogens is 314 g/mol. The number of urea groups is 1. The number of anilines is 1. The smallest absolute Gasteiger partial charge is 0.320 e. The van der Waals surface area contributed by atoms with Crippen LogP contribution >= 0.6 is 0 Å². The molecule has 1 aromatic carbocycles. The number of nitrogens with one attached hydrogen (secondary N) is 1. The summed E-state index contributed by atoms with van der Waals surface area (Å²) >= 11 is 0. The van der Waals surface area contributed by atoms with Gasteiger partial charge in [-0.25, -0.2) is 4.79 Å². The van der Waals surface area contributed by atoms with Gasteiger partial charge in [0.2, 0.25) is 0 Å². The van der Waals surface area contributed by atoms with Crippen molar-refractivity contribution in [3.8, 4) is 0 Å². The van der Waals surface area contributed by atoms with Crippen LogP contribution in [0.5, 0.6) is 0 Å². The zero-order valence-corrected chi connectivity index (χ0v) is 13.8. The average molecular weight is 333 g/mol. The Kier molecular flexibility index (Phi) is 4.16. The Morgan fingerprint density at radius 3 is 2.76 bits per heavy atom. The molecule has 1 aliphatic rings. The molecule has 3 heterocycles. The first kappa shape index (κ1) is 15.4. The third-order valence-corrected chi connectivity index (χ3v) is 4.34. The van der Waals surface area contributed by atoms with E-state index in [1.807, 2.05) is 41.4 Å². The number of pyridine rings is 1. The summed E-state index contributed by atoms with van der Waals surface area (Å²) < 4.78 is 1.77. The van der Waals surface area contributed by atoms with Crippen LogP contribution in [0, 0.1) is 0 Å². The highest BCUT2D eigenvalue weighted by Gasteiger charge is 2.20. The van der Waals surface area contributed by atoms with Gasteiger partial charge in [0, 0.05) is 31.5 Å². The summed E-state index contributed by atoms with van der Waals surface area (Å²) in [5, 5.41) is 7.29. The summed E-state index contributed by atoms with van der Waals surface area (Å²) in [5.41, 5.74) is 3.46. The SMILES string of the molecule is O=C(Nc1ccn(Cc2ccccn2)n1)N1CCc2ccccc2C1. The fourth-order valence-electron chi connectivity index (χ4n) is 3.03. The number of fused-ring (bicyclic) bond motifs is 1. The van der Waals surface area contributed by atoms with Crippen molar-refractivity contribution >= 4 is 11.8 Å². The summed E-state index contributed by atoms with van der Waals surface area (Å²) in [7, 11) is 0. The monoisotopic (exact) mass is 333 g/mol. The molecule has 0 fully saturated rings. The van der Waals surface area contributed by atoms with E-state index in [2.05, 4.69) is 27.5 Å². The summed E-state index contributed by atoms with van der Waals surface area (Å²) in [4.78, 5) is 18.6. The van der Waals surface area contributed by atoms with Gasteiger partial charge in [-0.15, -0.1) is 0 Å². The van der Waals surface area contributed by atoms with Crippen molar-refractivity contribution in [1.82, 2.24) is 19.7 Å². The maximum atomic E-state index is 12.5. The largest absolute Gasteiger partial charge is 0.323 e. The van der Waals surface area contributed by atoms with Crippen LogP contribution in [-0.2, 0) is 19.5 Å². The molecule has 0 saturated carbocycles. The van der Waals surface area contributed by atoms with Crippen molar-refractivity contribution in [2.24, 2.45) is 0 Å². The first-order valence-corrected chi connectivity index (χ1v) is 8.34. The molecule has 6 nitrogen and oxygen atoms in total. The molecule has 0 bridgehead atoms. The second-order valence-corrected chi connectivity index (χ2v) is 6.09. The van der Waals surface area contributed by atoms with Gasteiger partial charge in [-0.1, -0.05) is 30.3 Å². The molecule has 4 rings (SSSR count). The van der Waals surface area contributed by atoms with E-state index >= 15 is 0 Å². The Bertz CT molecular complexity index is 874. The van der Waals surface area contributed by atoms with Crippen LogP contribution in [0.25, 0.3) is 0 Å². The van der Waals surface area contributed by atoms with Crippen LogP contribution in [0.2, 0.25) is 0 Å². The quantitative estimate of drug-likeness (QED) is 0.801. The Hall–Kier alpha value is -3.15. The number of aromatic nitrogens is 3. The Labute approximate surface area is 146 Å². The van der Waals surface area contributed by atoms with E-state index in [0.717, 1.165) is 18.7 Å². The molecule has 0 atom stereocenters. The van der Waals surface area contributed by atoms with E-state index in [4.69, 9.17) is 0 Å². The highest BCUT2D eigenvalue weighted by atomic mass is 16.2. The molecule has 0 spiro atoms. The van der Waals surface area contributed by atoms with Gasteiger partial charge in [-0.05, 0) is 29.7 Å². The van der Waals surface area contributed by atoms with Crippen molar-refractivity contribution in [1.29, 1.82) is 0 Å². The second-order valence-electron chi connectivity index (χ2n) is 6.09. The van der Waals surface area contributed by atoms with Crippen molar-refractivity contribution < 1.29 is 4.79 Å². The Morgan fingerprint density at radius 2 is 1.92 bits per heavy atom. The third kappa shape index (κ3) is 3.52. The lowest BCUT2D eigenvalue weighted by atomic mass is 10.0. The van der Waals surface area contributed by atoms with Gasteiger partial charge < -0.3 is 4.90 Å². The van der Waals surface area contributed by atoms with Crippen molar-refractivity contribution in [2.75, 3.05) is 11.9 Å². The van der Waals surface area contributed by atoms with Crippen molar-refractivity contribution in [3.63, 3.8) is 0 Å². The van der Waals surface area contributed by atoms with Gasteiger partial charge in [0.15, 0.2) is 5.82 Å². The zero-order valence-electron chi connectivity index (χ0n) is 13.8. The summed E-state index contributed by atoms with van der Waals surface area (Å²) in [6, 6.07) is 15.7. The fraction of sp³-hybridized carbons (Fsp3) is 0.211. The van der Waals surface area contributed by atoms with Crippen LogP contribution in [0.4, 0.5) is 10.6 Å². The number of carbonyl (C=O) groups is 1. The normalized spacial score (nSPS) is 13.4. The number of hydrogen-bond acceptors (Lipinski definition) is 3. The third-order valence-electron chi connectivity index (χ3n) is 4.34. The Morgan fingerprint density at radius 1 is 1.08 bits per heavy atom. The van der Waals surface area contributed by atoms with Gasteiger partial charge in [0.05, 0.1) is 12.2 Å². The van der Waals surface area contributed by atoms with Crippen LogP contribution in [0.1, 0.15) is 16.8 Å². The van der Waals surface area contributed by atoms with Crippen LogP contribution in [0.15, 0.2) is 60.9 Å².